The Morgan fingerprint density at radius 1 is 1.25 bits per heavy atom. The third kappa shape index (κ3) is 2.63. The van der Waals surface area contributed by atoms with E-state index in [2.05, 4.69) is 10.3 Å². The Morgan fingerprint density at radius 2 is 2.00 bits per heavy atom. The average Bonchev–Trinajstić information content (AvgIpc) is 2.91. The van der Waals surface area contributed by atoms with Crippen molar-refractivity contribution in [2.24, 2.45) is 0 Å². The zero-order valence-corrected chi connectivity index (χ0v) is 13.8. The number of amides is 1. The maximum Gasteiger partial charge on any atom is 0.262 e. The number of carbonyl (C=O) groups is 1. The summed E-state index contributed by atoms with van der Waals surface area (Å²) in [5.74, 6) is 0.188. The second-order valence-corrected chi connectivity index (χ2v) is 6.69. The lowest BCUT2D eigenvalue weighted by atomic mass is 9.92. The molecule has 7 heteroatoms. The van der Waals surface area contributed by atoms with Gasteiger partial charge >= 0.3 is 0 Å². The first-order valence-electron chi connectivity index (χ1n) is 7.63. The molecule has 0 bridgehead atoms. The van der Waals surface area contributed by atoms with Gasteiger partial charge in [-0.25, -0.2) is 10.5 Å². The molecule has 0 unspecified atom stereocenters. The Kier molecular flexibility index (Phi) is 3.81. The van der Waals surface area contributed by atoms with Gasteiger partial charge in [0, 0.05) is 10.8 Å². The van der Waals surface area contributed by atoms with E-state index in [4.69, 9.17) is 5.21 Å². The van der Waals surface area contributed by atoms with Gasteiger partial charge in [0.05, 0.1) is 17.8 Å². The molecule has 2 aromatic heterocycles. The highest BCUT2D eigenvalue weighted by molar-refractivity contribution is 5.89. The number of nitrogens with one attached hydrogen (secondary N) is 2. The Bertz CT molecular complexity index is 925. The third-order valence-electron chi connectivity index (χ3n) is 3.84. The molecule has 3 aromatic rings. The van der Waals surface area contributed by atoms with Crippen molar-refractivity contribution in [3.8, 4) is 5.75 Å². The van der Waals surface area contributed by atoms with Gasteiger partial charge in [-0.15, -0.1) is 0 Å². The molecule has 7 nitrogen and oxygen atoms in total. The number of rotatable bonds is 3. The number of carbonyl (C=O) groups excluding carboxylic acids is 1. The summed E-state index contributed by atoms with van der Waals surface area (Å²) in [4.78, 5) is 16.1. The molecule has 0 saturated carbocycles. The van der Waals surface area contributed by atoms with Crippen molar-refractivity contribution in [1.29, 1.82) is 0 Å². The molecule has 0 aliphatic carbocycles. The molecule has 126 valence electrons. The van der Waals surface area contributed by atoms with E-state index in [9.17, 15) is 9.90 Å². The maximum atomic E-state index is 11.4. The number of aromatic hydroxyl groups is 1. The minimum Gasteiger partial charge on any atom is -0.506 e. The van der Waals surface area contributed by atoms with E-state index >= 15 is 0 Å². The van der Waals surface area contributed by atoms with Crippen molar-refractivity contribution in [2.75, 3.05) is 11.9 Å². The highest BCUT2D eigenvalue weighted by Gasteiger charge is 2.25. The van der Waals surface area contributed by atoms with Crippen LogP contribution in [0.1, 0.15) is 26.5 Å². The molecule has 0 aliphatic rings. The monoisotopic (exact) mass is 328 g/mol. The summed E-state index contributed by atoms with van der Waals surface area (Å²) in [5.41, 5.74) is 3.38. The maximum absolute atomic E-state index is 11.4. The number of pyridine rings is 1. The second-order valence-electron chi connectivity index (χ2n) is 6.69. The van der Waals surface area contributed by atoms with Gasteiger partial charge in [-0.2, -0.15) is 0 Å². The van der Waals surface area contributed by atoms with Crippen molar-refractivity contribution in [3.05, 3.63) is 36.0 Å². The highest BCUT2D eigenvalue weighted by atomic mass is 16.5. The Labute approximate surface area is 138 Å². The van der Waals surface area contributed by atoms with Crippen LogP contribution in [-0.2, 0) is 10.2 Å². The van der Waals surface area contributed by atoms with Crippen LogP contribution in [0.2, 0.25) is 0 Å². The fourth-order valence-electron chi connectivity index (χ4n) is 2.76. The Balaban J connectivity index is 2.32. The largest absolute Gasteiger partial charge is 0.506 e. The van der Waals surface area contributed by atoms with Crippen LogP contribution < -0.4 is 10.8 Å². The van der Waals surface area contributed by atoms with E-state index in [1.807, 2.05) is 39.0 Å². The van der Waals surface area contributed by atoms with Crippen LogP contribution >= 0.6 is 0 Å². The SMILES string of the molecule is CC(C)(C)c1nc2ccc3cccc(O)c3n2c1NCC(=O)NO. The van der Waals surface area contributed by atoms with Crippen molar-refractivity contribution >= 4 is 28.3 Å². The summed E-state index contributed by atoms with van der Waals surface area (Å²) in [6.07, 6.45) is 0. The minimum atomic E-state index is -0.561. The van der Waals surface area contributed by atoms with Crippen LogP contribution in [0.5, 0.6) is 5.75 Å². The predicted octanol–water partition coefficient (Wildman–Crippen LogP) is 2.41. The predicted molar refractivity (Wildman–Crippen MR) is 91.5 cm³/mol. The van der Waals surface area contributed by atoms with E-state index < -0.39 is 5.91 Å². The van der Waals surface area contributed by atoms with E-state index in [-0.39, 0.29) is 17.7 Å². The molecule has 0 fully saturated rings. The number of fused-ring (bicyclic) bond motifs is 3. The first-order valence-corrected chi connectivity index (χ1v) is 7.63. The van der Waals surface area contributed by atoms with Crippen LogP contribution in [0.25, 0.3) is 16.6 Å². The van der Waals surface area contributed by atoms with Crippen LogP contribution in [0.4, 0.5) is 5.82 Å². The molecule has 1 amide bonds. The molecule has 24 heavy (non-hydrogen) atoms. The van der Waals surface area contributed by atoms with Gasteiger partial charge in [0.25, 0.3) is 5.91 Å². The Morgan fingerprint density at radius 3 is 2.67 bits per heavy atom. The van der Waals surface area contributed by atoms with Crippen LogP contribution in [-0.4, -0.2) is 32.2 Å². The molecular formula is C17H20N4O3. The van der Waals surface area contributed by atoms with E-state index in [1.54, 1.807) is 22.0 Å². The van der Waals surface area contributed by atoms with E-state index in [0.29, 0.717) is 17.0 Å². The molecular weight excluding hydrogens is 308 g/mol. The van der Waals surface area contributed by atoms with E-state index in [0.717, 1.165) is 11.1 Å². The lowest BCUT2D eigenvalue weighted by Crippen LogP contribution is -2.28. The smallest absolute Gasteiger partial charge is 0.262 e. The number of hydrogen-bond acceptors (Lipinski definition) is 5. The number of anilines is 1. The van der Waals surface area contributed by atoms with Gasteiger partial charge in [-0.1, -0.05) is 32.9 Å². The summed E-state index contributed by atoms with van der Waals surface area (Å²) in [5, 5.41) is 22.9. The number of aromatic nitrogens is 2. The average molecular weight is 328 g/mol. The Hall–Kier alpha value is -2.80. The molecule has 2 heterocycles. The molecule has 0 radical (unpaired) electrons. The second kappa shape index (κ2) is 5.68. The summed E-state index contributed by atoms with van der Waals surface area (Å²) in [7, 11) is 0. The van der Waals surface area contributed by atoms with Crippen LogP contribution in [0.3, 0.4) is 0 Å². The fraction of sp³-hybridized carbons (Fsp3) is 0.294. The number of phenols is 1. The molecule has 0 atom stereocenters. The highest BCUT2D eigenvalue weighted by Crippen LogP contribution is 2.34. The van der Waals surface area contributed by atoms with Gasteiger partial charge < -0.3 is 10.4 Å². The zero-order chi connectivity index (χ0) is 17.5. The molecule has 0 spiro atoms. The number of benzene rings is 1. The van der Waals surface area contributed by atoms with E-state index in [1.165, 1.54) is 0 Å². The van der Waals surface area contributed by atoms with Crippen molar-refractivity contribution in [2.45, 2.75) is 26.2 Å². The fourth-order valence-corrected chi connectivity index (χ4v) is 2.76. The minimum absolute atomic E-state index is 0.114. The normalized spacial score (nSPS) is 11.8. The lowest BCUT2D eigenvalue weighted by molar-refractivity contribution is -0.127. The molecule has 3 rings (SSSR count). The quantitative estimate of drug-likeness (QED) is 0.437. The van der Waals surface area contributed by atoms with Crippen LogP contribution in [0.15, 0.2) is 30.3 Å². The molecule has 4 N–H and O–H groups in total. The first kappa shape index (κ1) is 16.1. The lowest BCUT2D eigenvalue weighted by Gasteiger charge is -2.18. The first-order chi connectivity index (χ1) is 11.3. The number of hydrogen-bond donors (Lipinski definition) is 4. The van der Waals surface area contributed by atoms with Gasteiger partial charge in [0.1, 0.15) is 17.2 Å². The van der Waals surface area contributed by atoms with Gasteiger partial charge in [0.15, 0.2) is 0 Å². The molecule has 0 saturated heterocycles. The van der Waals surface area contributed by atoms with Gasteiger partial charge in [-0.05, 0) is 18.2 Å². The summed E-state index contributed by atoms with van der Waals surface area (Å²) < 4.78 is 1.80. The zero-order valence-electron chi connectivity index (χ0n) is 13.8. The van der Waals surface area contributed by atoms with Crippen molar-refractivity contribution < 1.29 is 15.1 Å². The standard InChI is InChI=1S/C17H20N4O3/c1-17(2,3)15-16(18-9-13(23)20-24)21-12(19-15)8-7-10-5-4-6-11(22)14(10)21/h4-8,18,22,24H,9H2,1-3H3,(H,20,23). The molecule has 0 aliphatic heterocycles. The van der Waals surface area contributed by atoms with Crippen molar-refractivity contribution in [3.63, 3.8) is 0 Å². The van der Waals surface area contributed by atoms with Crippen LogP contribution in [0, 0.1) is 0 Å². The number of para-hydroxylation sites is 1. The number of phenolic OH excluding ortho intramolecular Hbond substituents is 1. The number of imidazole rings is 1. The van der Waals surface area contributed by atoms with Crippen molar-refractivity contribution in [1.82, 2.24) is 14.9 Å². The molecule has 1 aromatic carbocycles. The number of nitrogens with zero attached hydrogens (tertiary/aromatic N) is 2. The van der Waals surface area contributed by atoms with Gasteiger partial charge in [-0.3, -0.25) is 14.4 Å². The summed E-state index contributed by atoms with van der Waals surface area (Å²) >= 11 is 0. The summed E-state index contributed by atoms with van der Waals surface area (Å²) in [6, 6.07) is 9.05. The van der Waals surface area contributed by atoms with Gasteiger partial charge in [0.2, 0.25) is 0 Å². The summed E-state index contributed by atoms with van der Waals surface area (Å²) in [6.45, 7) is 5.95. The topological polar surface area (TPSA) is 98.9 Å². The number of hydroxylamine groups is 1. The third-order valence-corrected chi connectivity index (χ3v) is 3.84.